The number of hydrogen-bond donors (Lipinski definition) is 0. The van der Waals surface area contributed by atoms with Gasteiger partial charge in [-0.1, -0.05) is 73.4 Å². The van der Waals surface area contributed by atoms with Crippen molar-refractivity contribution in [3.63, 3.8) is 0 Å². The van der Waals surface area contributed by atoms with Crippen molar-refractivity contribution < 1.29 is 0 Å². The van der Waals surface area contributed by atoms with Gasteiger partial charge in [-0.2, -0.15) is 0 Å². The van der Waals surface area contributed by atoms with Gasteiger partial charge in [0.1, 0.15) is 0 Å². The van der Waals surface area contributed by atoms with Crippen LogP contribution >= 0.6 is 58.4 Å². The van der Waals surface area contributed by atoms with Crippen molar-refractivity contribution in [2.75, 3.05) is 0 Å². The Balaban J connectivity index is 3.24. The summed E-state index contributed by atoms with van der Waals surface area (Å²) in [4.78, 5) is 2.48. The van der Waals surface area contributed by atoms with Crippen LogP contribution in [0.5, 0.6) is 0 Å². The highest BCUT2D eigenvalue weighted by molar-refractivity contribution is 8.09. The predicted molar refractivity (Wildman–Crippen MR) is 88.5 cm³/mol. The lowest BCUT2D eigenvalue weighted by atomic mass is 10.6. The molecular formula is C12H12S5. The van der Waals surface area contributed by atoms with Crippen LogP contribution in [-0.2, 0) is 0 Å². The Labute approximate surface area is 124 Å². The average molecular weight is 317 g/mol. The average Bonchev–Trinajstić information content (AvgIpc) is 2.61. The maximum atomic E-state index is 3.78. The fourth-order valence-electron chi connectivity index (χ4n) is 1.04. The number of hydrogen-bond acceptors (Lipinski definition) is 5. The molecule has 1 aromatic heterocycles. The Hall–Kier alpha value is 0.0600. The van der Waals surface area contributed by atoms with E-state index in [1.807, 2.05) is 21.6 Å². The first-order chi connectivity index (χ1) is 8.28. The molecule has 1 aromatic rings. The summed E-state index contributed by atoms with van der Waals surface area (Å²) in [5, 5.41) is 7.41. The van der Waals surface area contributed by atoms with Gasteiger partial charge in [-0.15, -0.1) is 11.3 Å². The summed E-state index contributed by atoms with van der Waals surface area (Å²) in [7, 11) is 0. The van der Waals surface area contributed by atoms with E-state index in [9.17, 15) is 0 Å². The van der Waals surface area contributed by atoms with Crippen LogP contribution in [0.2, 0.25) is 0 Å². The Morgan fingerprint density at radius 1 is 0.647 bits per heavy atom. The monoisotopic (exact) mass is 316 g/mol. The highest BCUT2D eigenvalue weighted by Crippen LogP contribution is 2.51. The molecule has 0 nitrogen and oxygen atoms in total. The predicted octanol–water partition coefficient (Wildman–Crippen LogP) is 6.69. The van der Waals surface area contributed by atoms with E-state index >= 15 is 0 Å². The largest absolute Gasteiger partial charge is 0.119 e. The van der Waals surface area contributed by atoms with Crippen LogP contribution in [0.25, 0.3) is 0 Å². The van der Waals surface area contributed by atoms with E-state index < -0.39 is 0 Å². The third kappa shape index (κ3) is 4.03. The molecule has 0 bridgehead atoms. The first-order valence-electron chi connectivity index (χ1n) is 4.55. The van der Waals surface area contributed by atoms with E-state index in [0.717, 1.165) is 0 Å². The standard InChI is InChI=1S/C12H12S5/c1-5-13-9-10(14-6-2)12(16-8-4)17-11(9)15-7-3/h5-8H,1-4H2. The second-order valence-electron chi connectivity index (χ2n) is 2.47. The highest BCUT2D eigenvalue weighted by Gasteiger charge is 2.17. The number of rotatable bonds is 8. The zero-order valence-corrected chi connectivity index (χ0v) is 13.3. The maximum Gasteiger partial charge on any atom is 0.0804 e. The zero-order chi connectivity index (χ0) is 12.7. The Kier molecular flexibility index (Phi) is 7.30. The molecule has 0 unspecified atom stereocenters. The molecule has 0 N–H and O–H groups in total. The second-order valence-corrected chi connectivity index (χ2v) is 7.92. The van der Waals surface area contributed by atoms with Gasteiger partial charge in [0, 0.05) is 0 Å². The van der Waals surface area contributed by atoms with Crippen LogP contribution in [0.1, 0.15) is 0 Å². The highest BCUT2D eigenvalue weighted by atomic mass is 32.2. The normalized spacial score (nSPS) is 9.88. The maximum absolute atomic E-state index is 3.78. The van der Waals surface area contributed by atoms with Crippen LogP contribution in [0, 0.1) is 0 Å². The summed E-state index contributed by atoms with van der Waals surface area (Å²) in [6, 6.07) is 0. The van der Waals surface area contributed by atoms with Crippen LogP contribution in [-0.4, -0.2) is 0 Å². The molecule has 0 saturated heterocycles. The molecule has 1 heterocycles. The third-order valence-electron chi connectivity index (χ3n) is 1.55. The first-order valence-corrected chi connectivity index (χ1v) is 8.89. The summed E-state index contributed by atoms with van der Waals surface area (Å²) in [5.41, 5.74) is 0. The molecule has 0 atom stereocenters. The van der Waals surface area contributed by atoms with Gasteiger partial charge in [0.05, 0.1) is 18.2 Å². The molecule has 1 rings (SSSR count). The summed E-state index contributed by atoms with van der Waals surface area (Å²) < 4.78 is 2.50. The van der Waals surface area contributed by atoms with Crippen LogP contribution in [0.3, 0.4) is 0 Å². The van der Waals surface area contributed by atoms with Crippen molar-refractivity contribution in [1.82, 2.24) is 0 Å². The van der Waals surface area contributed by atoms with Crippen molar-refractivity contribution in [3.8, 4) is 0 Å². The van der Waals surface area contributed by atoms with E-state index in [2.05, 4.69) is 26.3 Å². The lowest BCUT2D eigenvalue weighted by molar-refractivity contribution is 1.18. The molecular weight excluding hydrogens is 304 g/mol. The molecule has 0 aliphatic heterocycles. The molecule has 0 fully saturated rings. The second kappa shape index (κ2) is 8.21. The summed E-state index contributed by atoms with van der Waals surface area (Å²) in [6.07, 6.45) is 0. The van der Waals surface area contributed by atoms with Gasteiger partial charge in [-0.25, -0.2) is 0 Å². The Morgan fingerprint density at radius 2 is 1.00 bits per heavy atom. The van der Waals surface area contributed by atoms with E-state index in [1.165, 1.54) is 18.2 Å². The summed E-state index contributed by atoms with van der Waals surface area (Å²) in [5.74, 6) is 0. The molecule has 17 heavy (non-hydrogen) atoms. The van der Waals surface area contributed by atoms with E-state index in [1.54, 1.807) is 58.4 Å². The third-order valence-corrected chi connectivity index (χ3v) is 6.84. The fourth-order valence-corrected chi connectivity index (χ4v) is 6.38. The van der Waals surface area contributed by atoms with Gasteiger partial charge >= 0.3 is 0 Å². The molecule has 90 valence electrons. The molecule has 0 saturated carbocycles. The van der Waals surface area contributed by atoms with Gasteiger partial charge in [-0.05, 0) is 21.6 Å². The smallest absolute Gasteiger partial charge is 0.0804 e. The zero-order valence-electron chi connectivity index (χ0n) is 9.18. The minimum atomic E-state index is 1.24. The molecule has 0 aliphatic carbocycles. The molecule has 0 spiro atoms. The number of thioether (sulfide) groups is 4. The minimum Gasteiger partial charge on any atom is -0.119 e. The van der Waals surface area contributed by atoms with E-state index in [4.69, 9.17) is 0 Å². The molecule has 5 heteroatoms. The summed E-state index contributed by atoms with van der Waals surface area (Å²) >= 11 is 8.34. The van der Waals surface area contributed by atoms with Crippen LogP contribution in [0.4, 0.5) is 0 Å². The quantitative estimate of drug-likeness (QED) is 0.490. The molecule has 0 radical (unpaired) electrons. The van der Waals surface area contributed by atoms with Crippen molar-refractivity contribution >= 4 is 58.4 Å². The van der Waals surface area contributed by atoms with E-state index in [0.29, 0.717) is 0 Å². The summed E-state index contributed by atoms with van der Waals surface area (Å²) in [6.45, 7) is 15.1. The minimum absolute atomic E-state index is 1.24. The van der Waals surface area contributed by atoms with Gasteiger partial charge < -0.3 is 0 Å². The van der Waals surface area contributed by atoms with Gasteiger partial charge in [0.2, 0.25) is 0 Å². The fraction of sp³-hybridized carbons (Fsp3) is 0. The van der Waals surface area contributed by atoms with Crippen molar-refractivity contribution in [3.05, 3.63) is 47.9 Å². The topological polar surface area (TPSA) is 0 Å². The van der Waals surface area contributed by atoms with Crippen LogP contribution in [0.15, 0.2) is 66.2 Å². The van der Waals surface area contributed by atoms with Gasteiger partial charge in [-0.3, -0.25) is 0 Å². The molecule has 0 amide bonds. The van der Waals surface area contributed by atoms with Gasteiger partial charge in [0.15, 0.2) is 0 Å². The molecule has 0 aromatic carbocycles. The SMILES string of the molecule is C=CSc1sc(SC=C)c(SC=C)c1SC=C. The lowest BCUT2D eigenvalue weighted by Crippen LogP contribution is -1.71. The van der Waals surface area contributed by atoms with Gasteiger partial charge in [0.25, 0.3) is 0 Å². The van der Waals surface area contributed by atoms with Crippen molar-refractivity contribution in [1.29, 1.82) is 0 Å². The van der Waals surface area contributed by atoms with Crippen LogP contribution < -0.4 is 0 Å². The Morgan fingerprint density at radius 3 is 1.29 bits per heavy atom. The molecule has 0 aliphatic rings. The van der Waals surface area contributed by atoms with E-state index in [-0.39, 0.29) is 0 Å². The Bertz CT molecular complexity index is 392. The number of thiophene rings is 1. The first kappa shape index (κ1) is 15.1. The lowest BCUT2D eigenvalue weighted by Gasteiger charge is -2.01. The van der Waals surface area contributed by atoms with Crippen molar-refractivity contribution in [2.24, 2.45) is 0 Å². The van der Waals surface area contributed by atoms with Crippen molar-refractivity contribution in [2.45, 2.75) is 18.2 Å².